The number of hydrogen-bond donors (Lipinski definition) is 1. The van der Waals surface area contributed by atoms with Crippen LogP contribution >= 0.6 is 0 Å². The second kappa shape index (κ2) is 5.08. The predicted octanol–water partition coefficient (Wildman–Crippen LogP) is 3.06. The van der Waals surface area contributed by atoms with E-state index >= 15 is 0 Å². The van der Waals surface area contributed by atoms with Gasteiger partial charge in [0, 0.05) is 30.4 Å². The molecule has 1 N–H and O–H groups in total. The summed E-state index contributed by atoms with van der Waals surface area (Å²) >= 11 is 0. The van der Waals surface area contributed by atoms with E-state index in [1.807, 2.05) is 37.4 Å². The Morgan fingerprint density at radius 2 is 1.95 bits per heavy atom. The first-order valence-corrected chi connectivity index (χ1v) is 6.21. The summed E-state index contributed by atoms with van der Waals surface area (Å²) in [5.74, 6) is 0. The lowest BCUT2D eigenvalue weighted by atomic mass is 10.1. The summed E-state index contributed by atoms with van der Waals surface area (Å²) in [5.41, 5.74) is 3.89. The number of H-pyrrole nitrogens is 1. The van der Waals surface area contributed by atoms with Crippen LogP contribution < -0.4 is 5.01 Å². The number of fused-ring (bicyclic) bond motifs is 1. The topological polar surface area (TPSA) is 69.5 Å². The molecule has 0 fully saturated rings. The Labute approximate surface area is 116 Å². The molecule has 1 aromatic carbocycles. The summed E-state index contributed by atoms with van der Waals surface area (Å²) in [6.07, 6.45) is 3.52. The van der Waals surface area contributed by atoms with Gasteiger partial charge in [-0.3, -0.25) is 15.1 Å². The zero-order valence-corrected chi connectivity index (χ0v) is 11.3. The van der Waals surface area contributed by atoms with Crippen LogP contribution in [0.3, 0.4) is 0 Å². The molecule has 0 aliphatic carbocycles. The molecule has 2 heterocycles. The minimum absolute atomic E-state index is 0.908. The highest BCUT2D eigenvalue weighted by Crippen LogP contribution is 2.29. The van der Waals surface area contributed by atoms with Gasteiger partial charge in [0.05, 0.1) is 18.3 Å². The number of aromatic amines is 1. The molecule has 0 amide bonds. The Balaban J connectivity index is 2.13. The third-order valence-electron chi connectivity index (χ3n) is 3.10. The Morgan fingerprint density at radius 3 is 2.70 bits per heavy atom. The highest BCUT2D eigenvalue weighted by molar-refractivity contribution is 5.94. The minimum Gasteiger partial charge on any atom is -0.277 e. The van der Waals surface area contributed by atoms with E-state index in [1.54, 1.807) is 24.5 Å². The SMILES string of the molecule is CN=NN(C)c1ccc2[nH]nc(-c3ccncc3)c2c1. The van der Waals surface area contributed by atoms with E-state index in [0.29, 0.717) is 0 Å². The lowest BCUT2D eigenvalue weighted by Gasteiger charge is -2.10. The molecule has 0 saturated heterocycles. The van der Waals surface area contributed by atoms with E-state index in [1.165, 1.54) is 0 Å². The zero-order valence-electron chi connectivity index (χ0n) is 11.3. The normalized spacial score (nSPS) is 11.3. The monoisotopic (exact) mass is 266 g/mol. The predicted molar refractivity (Wildman–Crippen MR) is 78.5 cm³/mol. The number of anilines is 1. The maximum absolute atomic E-state index is 4.39. The summed E-state index contributed by atoms with van der Waals surface area (Å²) in [7, 11) is 3.51. The van der Waals surface area contributed by atoms with Crippen molar-refractivity contribution in [3.05, 3.63) is 42.7 Å². The number of nitrogens with zero attached hydrogens (tertiary/aromatic N) is 5. The maximum Gasteiger partial charge on any atom is 0.100 e. The van der Waals surface area contributed by atoms with Crippen LogP contribution in [0.1, 0.15) is 0 Å². The molecule has 0 aliphatic rings. The summed E-state index contributed by atoms with van der Waals surface area (Å²) in [4.78, 5) is 4.03. The lowest BCUT2D eigenvalue weighted by molar-refractivity contribution is 0.904. The lowest BCUT2D eigenvalue weighted by Crippen LogP contribution is -2.06. The van der Waals surface area contributed by atoms with Gasteiger partial charge in [-0.15, -0.1) is 0 Å². The summed E-state index contributed by atoms with van der Waals surface area (Å²) in [5, 5.41) is 18.0. The standard InChI is InChI=1S/C14H14N6/c1-15-19-20(2)11-3-4-13-12(9-11)14(18-17-13)10-5-7-16-8-6-10/h3-9H,1-2H3,(H,17,18). The van der Waals surface area contributed by atoms with Crippen LogP contribution in [-0.2, 0) is 0 Å². The van der Waals surface area contributed by atoms with E-state index in [-0.39, 0.29) is 0 Å². The Bertz CT molecular complexity index is 747. The molecule has 0 aliphatic heterocycles. The number of hydrogen-bond acceptors (Lipinski definition) is 4. The zero-order chi connectivity index (χ0) is 13.9. The fraction of sp³-hybridized carbons (Fsp3) is 0.143. The van der Waals surface area contributed by atoms with Crippen molar-refractivity contribution in [2.45, 2.75) is 0 Å². The first-order valence-electron chi connectivity index (χ1n) is 6.21. The quantitative estimate of drug-likeness (QED) is 0.585. The fourth-order valence-corrected chi connectivity index (χ4v) is 2.12. The molecule has 6 heteroatoms. The minimum atomic E-state index is 0.908. The second-order valence-electron chi connectivity index (χ2n) is 4.35. The van der Waals surface area contributed by atoms with Gasteiger partial charge >= 0.3 is 0 Å². The summed E-state index contributed by atoms with van der Waals surface area (Å²) in [6.45, 7) is 0. The second-order valence-corrected chi connectivity index (χ2v) is 4.35. The Kier molecular flexibility index (Phi) is 3.12. The molecule has 6 nitrogen and oxygen atoms in total. The van der Waals surface area contributed by atoms with E-state index in [2.05, 4.69) is 25.5 Å². The van der Waals surface area contributed by atoms with E-state index < -0.39 is 0 Å². The van der Waals surface area contributed by atoms with E-state index in [0.717, 1.165) is 27.8 Å². The molecule has 0 saturated carbocycles. The molecule has 0 radical (unpaired) electrons. The van der Waals surface area contributed by atoms with Gasteiger partial charge in [-0.25, -0.2) is 0 Å². The molecule has 0 atom stereocenters. The van der Waals surface area contributed by atoms with Crippen LogP contribution in [0.2, 0.25) is 0 Å². The van der Waals surface area contributed by atoms with Crippen molar-refractivity contribution in [3.63, 3.8) is 0 Å². The van der Waals surface area contributed by atoms with Crippen LogP contribution in [0.15, 0.2) is 53.1 Å². The average Bonchev–Trinajstić information content (AvgIpc) is 2.91. The van der Waals surface area contributed by atoms with Crippen molar-refractivity contribution in [2.24, 2.45) is 10.3 Å². The first-order chi connectivity index (χ1) is 9.79. The largest absolute Gasteiger partial charge is 0.277 e. The molecule has 0 bridgehead atoms. The van der Waals surface area contributed by atoms with Crippen molar-refractivity contribution < 1.29 is 0 Å². The molecule has 0 spiro atoms. The molecule has 3 rings (SSSR count). The van der Waals surface area contributed by atoms with Gasteiger partial charge in [0.25, 0.3) is 0 Å². The maximum atomic E-state index is 4.39. The van der Waals surface area contributed by atoms with Gasteiger partial charge in [0.1, 0.15) is 5.69 Å². The smallest absolute Gasteiger partial charge is 0.100 e. The summed E-state index contributed by atoms with van der Waals surface area (Å²) < 4.78 is 0. The van der Waals surface area contributed by atoms with Crippen molar-refractivity contribution >= 4 is 16.6 Å². The number of nitrogens with one attached hydrogen (secondary N) is 1. The fourth-order valence-electron chi connectivity index (χ4n) is 2.12. The first kappa shape index (κ1) is 12.3. The molecule has 2 aromatic heterocycles. The third kappa shape index (κ3) is 2.11. The van der Waals surface area contributed by atoms with E-state index in [9.17, 15) is 0 Å². The number of pyridine rings is 1. The molecule has 20 heavy (non-hydrogen) atoms. The van der Waals surface area contributed by atoms with Crippen LogP contribution in [0.25, 0.3) is 22.2 Å². The Hall–Kier alpha value is -2.76. The number of rotatable bonds is 3. The molecular weight excluding hydrogens is 252 g/mol. The van der Waals surface area contributed by atoms with Gasteiger partial charge in [0.2, 0.25) is 0 Å². The highest BCUT2D eigenvalue weighted by atomic mass is 15.5. The molecular formula is C14H14N6. The van der Waals surface area contributed by atoms with Gasteiger partial charge in [-0.05, 0) is 30.3 Å². The van der Waals surface area contributed by atoms with Crippen molar-refractivity contribution in [2.75, 3.05) is 19.1 Å². The van der Waals surface area contributed by atoms with Crippen LogP contribution in [0.5, 0.6) is 0 Å². The number of aromatic nitrogens is 3. The third-order valence-corrected chi connectivity index (χ3v) is 3.10. The van der Waals surface area contributed by atoms with Crippen LogP contribution in [-0.4, -0.2) is 29.3 Å². The van der Waals surface area contributed by atoms with Gasteiger partial charge < -0.3 is 0 Å². The molecule has 3 aromatic rings. The molecule has 100 valence electrons. The van der Waals surface area contributed by atoms with Gasteiger partial charge in [-0.1, -0.05) is 5.22 Å². The van der Waals surface area contributed by atoms with Gasteiger partial charge in [0.15, 0.2) is 0 Å². The van der Waals surface area contributed by atoms with Gasteiger partial charge in [-0.2, -0.15) is 10.2 Å². The average molecular weight is 266 g/mol. The van der Waals surface area contributed by atoms with Crippen LogP contribution in [0.4, 0.5) is 5.69 Å². The van der Waals surface area contributed by atoms with Crippen molar-refractivity contribution in [1.29, 1.82) is 0 Å². The molecule has 0 unspecified atom stereocenters. The van der Waals surface area contributed by atoms with Crippen LogP contribution in [0, 0.1) is 0 Å². The summed E-state index contributed by atoms with van der Waals surface area (Å²) in [6, 6.07) is 9.90. The van der Waals surface area contributed by atoms with Crippen molar-refractivity contribution in [1.82, 2.24) is 15.2 Å². The van der Waals surface area contributed by atoms with Crippen molar-refractivity contribution in [3.8, 4) is 11.3 Å². The van der Waals surface area contributed by atoms with E-state index in [4.69, 9.17) is 0 Å². The number of benzene rings is 1. The highest BCUT2D eigenvalue weighted by Gasteiger charge is 2.10. The Morgan fingerprint density at radius 1 is 1.15 bits per heavy atom.